The zero-order valence-electron chi connectivity index (χ0n) is 13.8. The van der Waals surface area contributed by atoms with E-state index in [1.807, 2.05) is 26.0 Å². The lowest BCUT2D eigenvalue weighted by molar-refractivity contribution is 0.0690. The molecule has 0 saturated heterocycles. The van der Waals surface area contributed by atoms with Gasteiger partial charge in [-0.1, -0.05) is 12.1 Å². The Morgan fingerprint density at radius 2 is 1.64 bits per heavy atom. The van der Waals surface area contributed by atoms with Crippen LogP contribution in [0.1, 0.15) is 35.7 Å². The Kier molecular flexibility index (Phi) is 4.27. The number of rotatable bonds is 4. The number of carboxylic acids is 1. The lowest BCUT2D eigenvalue weighted by atomic mass is 9.84. The van der Waals surface area contributed by atoms with Crippen LogP contribution in [-0.4, -0.2) is 26.0 Å². The van der Waals surface area contributed by atoms with Crippen LogP contribution in [0.25, 0.3) is 11.4 Å². The van der Waals surface area contributed by atoms with Gasteiger partial charge in [-0.15, -0.1) is 0 Å². The minimum absolute atomic E-state index is 0.0121. The lowest BCUT2D eigenvalue weighted by Crippen LogP contribution is -2.23. The molecule has 0 aliphatic rings. The number of carboxylic acid groups (broad SMARTS) is 1. The van der Waals surface area contributed by atoms with Gasteiger partial charge in [-0.05, 0) is 50.2 Å². The van der Waals surface area contributed by atoms with Crippen molar-refractivity contribution in [3.05, 3.63) is 77.6 Å². The lowest BCUT2D eigenvalue weighted by Gasteiger charge is -2.24. The molecular weight excluding hydrogens is 321 g/mol. The summed E-state index contributed by atoms with van der Waals surface area (Å²) in [6.07, 6.45) is 1.15. The monoisotopic (exact) mass is 337 g/mol. The summed E-state index contributed by atoms with van der Waals surface area (Å²) in [4.78, 5) is 24.1. The fraction of sp³-hybridized carbons (Fsp3) is 0.158. The molecular formula is C19H16FN3O2. The predicted octanol–water partition coefficient (Wildman–Crippen LogP) is 3.70. The van der Waals surface area contributed by atoms with Crippen molar-refractivity contribution in [2.45, 2.75) is 19.3 Å². The first-order chi connectivity index (χ1) is 11.9. The molecule has 3 aromatic rings. The van der Waals surface area contributed by atoms with E-state index in [0.29, 0.717) is 22.8 Å². The molecule has 0 aromatic carbocycles. The van der Waals surface area contributed by atoms with Gasteiger partial charge in [0.25, 0.3) is 0 Å². The summed E-state index contributed by atoms with van der Waals surface area (Å²) in [5.74, 6) is -1.48. The van der Waals surface area contributed by atoms with Crippen LogP contribution >= 0.6 is 0 Å². The molecule has 0 amide bonds. The molecule has 0 aliphatic carbocycles. The minimum Gasteiger partial charge on any atom is -0.477 e. The van der Waals surface area contributed by atoms with E-state index in [1.54, 1.807) is 24.3 Å². The summed E-state index contributed by atoms with van der Waals surface area (Å²) in [5.41, 5.74) is 1.87. The second-order valence-corrected chi connectivity index (χ2v) is 6.11. The molecule has 25 heavy (non-hydrogen) atoms. The average Bonchev–Trinajstić information content (AvgIpc) is 2.62. The van der Waals surface area contributed by atoms with Gasteiger partial charge in [0, 0.05) is 5.41 Å². The zero-order valence-corrected chi connectivity index (χ0v) is 13.8. The first kappa shape index (κ1) is 16.7. The second-order valence-electron chi connectivity index (χ2n) is 6.11. The normalized spacial score (nSPS) is 11.3. The Labute approximate surface area is 144 Å². The van der Waals surface area contributed by atoms with Gasteiger partial charge in [0.2, 0.25) is 0 Å². The fourth-order valence-electron chi connectivity index (χ4n) is 2.49. The topological polar surface area (TPSA) is 76.0 Å². The first-order valence-corrected chi connectivity index (χ1v) is 7.68. The molecule has 5 nitrogen and oxygen atoms in total. The summed E-state index contributed by atoms with van der Waals surface area (Å²) < 4.78 is 13.1. The van der Waals surface area contributed by atoms with Crippen molar-refractivity contribution in [3.8, 4) is 11.4 Å². The Hall–Kier alpha value is -3.15. The Bertz CT molecular complexity index is 924. The SMILES string of the molecule is CC(C)(c1cccc(C(=O)O)n1)c1cccc(-c2ccc(F)cn2)n1. The molecule has 1 N–H and O–H groups in total. The van der Waals surface area contributed by atoms with E-state index in [1.165, 1.54) is 12.1 Å². The van der Waals surface area contributed by atoms with E-state index in [9.17, 15) is 9.18 Å². The van der Waals surface area contributed by atoms with Gasteiger partial charge in [0.1, 0.15) is 11.5 Å². The van der Waals surface area contributed by atoms with Crippen molar-refractivity contribution in [1.29, 1.82) is 0 Å². The second kappa shape index (κ2) is 6.39. The summed E-state index contributed by atoms with van der Waals surface area (Å²) in [6.45, 7) is 3.84. The van der Waals surface area contributed by atoms with E-state index in [4.69, 9.17) is 5.11 Å². The molecule has 0 bridgehead atoms. The predicted molar refractivity (Wildman–Crippen MR) is 90.8 cm³/mol. The quantitative estimate of drug-likeness (QED) is 0.785. The fourth-order valence-corrected chi connectivity index (χ4v) is 2.49. The van der Waals surface area contributed by atoms with Crippen LogP contribution in [0.3, 0.4) is 0 Å². The molecule has 0 saturated carbocycles. The molecule has 6 heteroatoms. The van der Waals surface area contributed by atoms with Gasteiger partial charge in [0.15, 0.2) is 0 Å². The molecule has 0 fully saturated rings. The number of hydrogen-bond donors (Lipinski definition) is 1. The van der Waals surface area contributed by atoms with Crippen LogP contribution in [0.15, 0.2) is 54.7 Å². The number of aromatic nitrogens is 3. The van der Waals surface area contributed by atoms with Crippen molar-refractivity contribution in [2.75, 3.05) is 0 Å². The van der Waals surface area contributed by atoms with E-state index in [2.05, 4.69) is 15.0 Å². The van der Waals surface area contributed by atoms with Crippen LogP contribution in [0.4, 0.5) is 4.39 Å². The maximum absolute atomic E-state index is 13.1. The molecule has 0 aliphatic heterocycles. The van der Waals surface area contributed by atoms with Crippen molar-refractivity contribution in [3.63, 3.8) is 0 Å². The largest absolute Gasteiger partial charge is 0.477 e. The smallest absolute Gasteiger partial charge is 0.354 e. The summed E-state index contributed by atoms with van der Waals surface area (Å²) in [7, 11) is 0. The molecule has 0 unspecified atom stereocenters. The molecule has 0 atom stereocenters. The van der Waals surface area contributed by atoms with Crippen LogP contribution < -0.4 is 0 Å². The van der Waals surface area contributed by atoms with E-state index in [-0.39, 0.29) is 5.69 Å². The van der Waals surface area contributed by atoms with Crippen LogP contribution in [0.2, 0.25) is 0 Å². The van der Waals surface area contributed by atoms with Gasteiger partial charge in [-0.25, -0.2) is 14.2 Å². The van der Waals surface area contributed by atoms with Crippen molar-refractivity contribution in [1.82, 2.24) is 15.0 Å². The summed E-state index contributed by atoms with van der Waals surface area (Å²) in [5, 5.41) is 9.14. The number of aromatic carboxylic acids is 1. The third kappa shape index (κ3) is 3.38. The maximum Gasteiger partial charge on any atom is 0.354 e. The molecule has 0 radical (unpaired) electrons. The molecule has 126 valence electrons. The standard InChI is InChI=1S/C19H16FN3O2/c1-19(2,17-8-4-6-15(23-17)18(24)25)16-7-3-5-14(22-16)13-10-9-12(20)11-21-13/h3-11H,1-2H3,(H,24,25). The van der Waals surface area contributed by atoms with Gasteiger partial charge in [-0.3, -0.25) is 9.97 Å². The minimum atomic E-state index is -1.07. The number of pyridine rings is 3. The van der Waals surface area contributed by atoms with Crippen molar-refractivity contribution in [2.24, 2.45) is 0 Å². The van der Waals surface area contributed by atoms with E-state index in [0.717, 1.165) is 6.20 Å². The van der Waals surface area contributed by atoms with Crippen LogP contribution in [0, 0.1) is 5.82 Å². The van der Waals surface area contributed by atoms with Gasteiger partial charge >= 0.3 is 5.97 Å². The highest BCUT2D eigenvalue weighted by atomic mass is 19.1. The zero-order chi connectivity index (χ0) is 18.0. The highest BCUT2D eigenvalue weighted by molar-refractivity contribution is 5.85. The highest BCUT2D eigenvalue weighted by Gasteiger charge is 2.27. The Balaban J connectivity index is 2.03. The number of carbonyl (C=O) groups is 1. The number of nitrogens with zero attached hydrogens (tertiary/aromatic N) is 3. The van der Waals surface area contributed by atoms with Gasteiger partial charge in [0.05, 0.1) is 29.0 Å². The van der Waals surface area contributed by atoms with Gasteiger partial charge < -0.3 is 5.11 Å². The Morgan fingerprint density at radius 1 is 0.960 bits per heavy atom. The first-order valence-electron chi connectivity index (χ1n) is 7.68. The van der Waals surface area contributed by atoms with Crippen LogP contribution in [-0.2, 0) is 5.41 Å². The molecule has 3 aromatic heterocycles. The summed E-state index contributed by atoms with van der Waals surface area (Å²) >= 11 is 0. The van der Waals surface area contributed by atoms with Crippen molar-refractivity contribution >= 4 is 5.97 Å². The number of hydrogen-bond acceptors (Lipinski definition) is 4. The van der Waals surface area contributed by atoms with Gasteiger partial charge in [-0.2, -0.15) is 0 Å². The Morgan fingerprint density at radius 3 is 2.28 bits per heavy atom. The third-order valence-corrected chi connectivity index (χ3v) is 3.99. The molecule has 3 heterocycles. The molecule has 3 rings (SSSR count). The highest BCUT2D eigenvalue weighted by Crippen LogP contribution is 2.30. The average molecular weight is 337 g/mol. The maximum atomic E-state index is 13.1. The third-order valence-electron chi connectivity index (χ3n) is 3.99. The summed E-state index contributed by atoms with van der Waals surface area (Å²) in [6, 6.07) is 13.3. The van der Waals surface area contributed by atoms with E-state index >= 15 is 0 Å². The van der Waals surface area contributed by atoms with Crippen LogP contribution in [0.5, 0.6) is 0 Å². The molecule has 0 spiro atoms. The van der Waals surface area contributed by atoms with E-state index < -0.39 is 17.2 Å². The van der Waals surface area contributed by atoms with Crippen molar-refractivity contribution < 1.29 is 14.3 Å². The number of halogens is 1.